The molecule has 3 amide bonds. The molecule has 0 atom stereocenters. The third-order valence-corrected chi connectivity index (χ3v) is 4.83. The molecule has 2 aromatic carbocycles. The number of unbranched alkanes of at least 4 members (excludes halogenated alkanes) is 1. The van der Waals surface area contributed by atoms with Crippen LogP contribution in [-0.4, -0.2) is 44.0 Å². The lowest BCUT2D eigenvalue weighted by Crippen LogP contribution is -2.37. The fourth-order valence-electron chi connectivity index (χ4n) is 3.20. The van der Waals surface area contributed by atoms with Gasteiger partial charge in [0.05, 0.1) is 13.2 Å². The maximum Gasteiger partial charge on any atom is 0.251 e. The predicted octanol–water partition coefficient (Wildman–Crippen LogP) is 2.52. The highest BCUT2D eigenvalue weighted by atomic mass is 16.5. The molecule has 7 heteroatoms. The van der Waals surface area contributed by atoms with Crippen LogP contribution in [0.1, 0.15) is 36.0 Å². The Balaban J connectivity index is 1.29. The van der Waals surface area contributed by atoms with Gasteiger partial charge in [-0.05, 0) is 55.7 Å². The Kier molecular flexibility index (Phi) is 7.83. The van der Waals surface area contributed by atoms with Crippen LogP contribution in [0.25, 0.3) is 0 Å². The van der Waals surface area contributed by atoms with Gasteiger partial charge in [0.2, 0.25) is 11.8 Å². The molecule has 0 radical (unpaired) electrons. The van der Waals surface area contributed by atoms with Gasteiger partial charge in [-0.15, -0.1) is 0 Å². The average Bonchev–Trinajstić information content (AvgIpc) is 3.21. The van der Waals surface area contributed by atoms with E-state index in [1.165, 1.54) is 0 Å². The molecule has 1 aliphatic heterocycles. The number of para-hydroxylation sites is 1. The van der Waals surface area contributed by atoms with Crippen LogP contribution in [0.4, 0.5) is 5.69 Å². The Hall–Kier alpha value is -3.35. The molecule has 0 bridgehead atoms. The van der Waals surface area contributed by atoms with Gasteiger partial charge in [-0.2, -0.15) is 0 Å². The zero-order valence-corrected chi connectivity index (χ0v) is 16.9. The van der Waals surface area contributed by atoms with Crippen molar-refractivity contribution in [2.75, 3.05) is 31.1 Å². The Morgan fingerprint density at radius 2 is 1.73 bits per heavy atom. The Morgan fingerprint density at radius 1 is 0.967 bits per heavy atom. The summed E-state index contributed by atoms with van der Waals surface area (Å²) in [6, 6.07) is 16.5. The summed E-state index contributed by atoms with van der Waals surface area (Å²) in [5.74, 6) is 0.395. The van der Waals surface area contributed by atoms with Crippen molar-refractivity contribution in [1.82, 2.24) is 10.6 Å². The van der Waals surface area contributed by atoms with E-state index in [1.54, 1.807) is 29.2 Å². The molecule has 158 valence electrons. The molecule has 1 heterocycles. The monoisotopic (exact) mass is 409 g/mol. The summed E-state index contributed by atoms with van der Waals surface area (Å²) in [6.45, 7) is 1.76. The first-order chi connectivity index (χ1) is 14.6. The highest BCUT2D eigenvalue weighted by Gasteiger charge is 2.21. The zero-order valence-electron chi connectivity index (χ0n) is 16.9. The first-order valence-electron chi connectivity index (χ1n) is 10.3. The van der Waals surface area contributed by atoms with E-state index < -0.39 is 0 Å². The van der Waals surface area contributed by atoms with Gasteiger partial charge in [0.25, 0.3) is 5.91 Å². The quantitative estimate of drug-likeness (QED) is 0.591. The third-order valence-electron chi connectivity index (χ3n) is 4.83. The summed E-state index contributed by atoms with van der Waals surface area (Å²) in [6.07, 6.45) is 3.05. The van der Waals surface area contributed by atoms with Crippen LogP contribution in [0.2, 0.25) is 0 Å². The first kappa shape index (κ1) is 21.4. The second-order valence-electron chi connectivity index (χ2n) is 7.10. The standard InChI is InChI=1S/C23H27N3O4/c27-21(24-14-4-5-16-30-20-7-2-1-3-8-20)17-25-23(29)18-10-12-19(13-11-18)26-15-6-9-22(26)28/h1-3,7-8,10-13H,4-6,9,14-17H2,(H,24,27)(H,25,29). The van der Waals surface area contributed by atoms with Crippen LogP contribution in [0.3, 0.4) is 0 Å². The van der Waals surface area contributed by atoms with Gasteiger partial charge in [0.1, 0.15) is 5.75 Å². The number of hydrogen-bond acceptors (Lipinski definition) is 4. The van der Waals surface area contributed by atoms with Crippen LogP contribution in [-0.2, 0) is 9.59 Å². The molecule has 3 rings (SSSR count). The lowest BCUT2D eigenvalue weighted by Gasteiger charge is -2.15. The zero-order chi connectivity index (χ0) is 21.2. The summed E-state index contributed by atoms with van der Waals surface area (Å²) in [5.41, 5.74) is 1.25. The van der Waals surface area contributed by atoms with E-state index in [0.29, 0.717) is 31.7 Å². The van der Waals surface area contributed by atoms with Gasteiger partial charge in [0, 0.05) is 30.8 Å². The van der Waals surface area contributed by atoms with E-state index in [1.807, 2.05) is 30.3 Å². The molecule has 1 saturated heterocycles. The number of nitrogens with one attached hydrogen (secondary N) is 2. The summed E-state index contributed by atoms with van der Waals surface area (Å²) in [7, 11) is 0. The minimum Gasteiger partial charge on any atom is -0.494 e. The SMILES string of the molecule is O=C(CNC(=O)c1ccc(N2CCCC2=O)cc1)NCCCCOc1ccccc1. The molecule has 2 aromatic rings. The van der Waals surface area contributed by atoms with Gasteiger partial charge in [-0.1, -0.05) is 18.2 Å². The summed E-state index contributed by atoms with van der Waals surface area (Å²) >= 11 is 0. The van der Waals surface area contributed by atoms with Crippen molar-refractivity contribution in [2.24, 2.45) is 0 Å². The molecule has 0 aromatic heterocycles. The van der Waals surface area contributed by atoms with E-state index in [0.717, 1.165) is 30.7 Å². The van der Waals surface area contributed by atoms with Gasteiger partial charge in [-0.3, -0.25) is 14.4 Å². The van der Waals surface area contributed by atoms with Crippen LogP contribution < -0.4 is 20.3 Å². The van der Waals surface area contributed by atoms with Crippen molar-refractivity contribution >= 4 is 23.4 Å². The Bertz CT molecular complexity index is 853. The number of rotatable bonds is 10. The molecule has 1 aliphatic rings. The molecule has 0 aliphatic carbocycles. The average molecular weight is 409 g/mol. The van der Waals surface area contributed by atoms with Crippen molar-refractivity contribution in [3.05, 3.63) is 60.2 Å². The molecule has 2 N–H and O–H groups in total. The Labute approximate surface area is 176 Å². The third kappa shape index (κ3) is 6.34. The topological polar surface area (TPSA) is 87.7 Å². The van der Waals surface area contributed by atoms with Crippen molar-refractivity contribution in [3.63, 3.8) is 0 Å². The molecule has 0 saturated carbocycles. The smallest absolute Gasteiger partial charge is 0.251 e. The number of anilines is 1. The fraction of sp³-hybridized carbons (Fsp3) is 0.348. The number of ether oxygens (including phenoxy) is 1. The predicted molar refractivity (Wildman–Crippen MR) is 115 cm³/mol. The number of nitrogens with zero attached hydrogens (tertiary/aromatic N) is 1. The lowest BCUT2D eigenvalue weighted by molar-refractivity contribution is -0.120. The largest absolute Gasteiger partial charge is 0.494 e. The first-order valence-corrected chi connectivity index (χ1v) is 10.3. The summed E-state index contributed by atoms with van der Waals surface area (Å²) in [4.78, 5) is 37.6. The molecular weight excluding hydrogens is 382 g/mol. The van der Waals surface area contributed by atoms with E-state index in [4.69, 9.17) is 4.74 Å². The minimum absolute atomic E-state index is 0.0777. The lowest BCUT2D eigenvalue weighted by atomic mass is 10.2. The van der Waals surface area contributed by atoms with E-state index in [-0.39, 0.29) is 24.3 Å². The van der Waals surface area contributed by atoms with Crippen molar-refractivity contribution in [1.29, 1.82) is 0 Å². The van der Waals surface area contributed by atoms with Crippen molar-refractivity contribution < 1.29 is 19.1 Å². The molecule has 0 spiro atoms. The highest BCUT2D eigenvalue weighted by Crippen LogP contribution is 2.21. The molecule has 7 nitrogen and oxygen atoms in total. The van der Waals surface area contributed by atoms with Gasteiger partial charge >= 0.3 is 0 Å². The minimum atomic E-state index is -0.319. The maximum absolute atomic E-state index is 12.2. The van der Waals surface area contributed by atoms with Gasteiger partial charge in [0.15, 0.2) is 0 Å². The molecule has 30 heavy (non-hydrogen) atoms. The second-order valence-corrected chi connectivity index (χ2v) is 7.10. The number of carbonyl (C=O) groups is 3. The van der Waals surface area contributed by atoms with E-state index in [9.17, 15) is 14.4 Å². The number of carbonyl (C=O) groups excluding carboxylic acids is 3. The van der Waals surface area contributed by atoms with Crippen LogP contribution in [0.15, 0.2) is 54.6 Å². The highest BCUT2D eigenvalue weighted by molar-refractivity contribution is 5.98. The van der Waals surface area contributed by atoms with Crippen molar-refractivity contribution in [2.45, 2.75) is 25.7 Å². The van der Waals surface area contributed by atoms with Gasteiger partial charge < -0.3 is 20.3 Å². The fourth-order valence-corrected chi connectivity index (χ4v) is 3.20. The van der Waals surface area contributed by atoms with Crippen LogP contribution >= 0.6 is 0 Å². The molecule has 0 unspecified atom stereocenters. The van der Waals surface area contributed by atoms with E-state index >= 15 is 0 Å². The molecule has 1 fully saturated rings. The Morgan fingerprint density at radius 3 is 2.43 bits per heavy atom. The summed E-state index contributed by atoms with van der Waals surface area (Å²) < 4.78 is 5.60. The summed E-state index contributed by atoms with van der Waals surface area (Å²) in [5, 5.41) is 5.40. The van der Waals surface area contributed by atoms with E-state index in [2.05, 4.69) is 10.6 Å². The van der Waals surface area contributed by atoms with Gasteiger partial charge in [-0.25, -0.2) is 0 Å². The van der Waals surface area contributed by atoms with Crippen LogP contribution in [0, 0.1) is 0 Å². The number of amides is 3. The van der Waals surface area contributed by atoms with Crippen LogP contribution in [0.5, 0.6) is 5.75 Å². The maximum atomic E-state index is 12.2. The number of hydrogen-bond donors (Lipinski definition) is 2. The normalized spacial score (nSPS) is 13.2. The second kappa shape index (κ2) is 11.0. The number of benzene rings is 2. The molecular formula is C23H27N3O4. The van der Waals surface area contributed by atoms with Crippen molar-refractivity contribution in [3.8, 4) is 5.75 Å².